The number of Topliss-reactive ketones (excluding diaryl/α,β-unsaturated/α-hetero) is 1. The third kappa shape index (κ3) is 3.45. The Morgan fingerprint density at radius 2 is 2.00 bits per heavy atom. The molecule has 3 aromatic rings. The molecule has 0 bridgehead atoms. The number of rotatable bonds is 7. The second kappa shape index (κ2) is 7.60. The van der Waals surface area contributed by atoms with Crippen molar-refractivity contribution in [3.63, 3.8) is 0 Å². The Morgan fingerprint density at radius 3 is 2.69 bits per heavy atom. The van der Waals surface area contributed by atoms with Crippen LogP contribution in [0.3, 0.4) is 0 Å². The quantitative estimate of drug-likeness (QED) is 0.617. The molecule has 3 heterocycles. The minimum atomic E-state index is -0.791. The predicted molar refractivity (Wildman–Crippen MR) is 107 cm³/mol. The van der Waals surface area contributed by atoms with Crippen LogP contribution in [0, 0.1) is 0 Å². The highest BCUT2D eigenvalue weighted by Crippen LogP contribution is 2.39. The number of hydrogen-bond donors (Lipinski definition) is 1. The first-order valence-corrected chi connectivity index (χ1v) is 9.43. The van der Waals surface area contributed by atoms with Crippen LogP contribution in [0.25, 0.3) is 11.0 Å². The topological polar surface area (TPSA) is 87.1 Å². The first-order valence-electron chi connectivity index (χ1n) is 9.43. The van der Waals surface area contributed by atoms with Crippen LogP contribution in [-0.2, 0) is 4.79 Å². The van der Waals surface area contributed by atoms with Gasteiger partial charge in [0.25, 0.3) is 5.91 Å². The maximum Gasteiger partial charge on any atom is 0.290 e. The lowest BCUT2D eigenvalue weighted by molar-refractivity contribution is -0.129. The second-order valence-corrected chi connectivity index (χ2v) is 7.31. The smallest absolute Gasteiger partial charge is 0.290 e. The molecule has 150 valence electrons. The van der Waals surface area contributed by atoms with E-state index < -0.39 is 23.5 Å². The Kier molecular flexibility index (Phi) is 4.98. The van der Waals surface area contributed by atoms with Gasteiger partial charge in [-0.1, -0.05) is 18.2 Å². The van der Waals surface area contributed by atoms with Gasteiger partial charge in [0.05, 0.1) is 11.8 Å². The van der Waals surface area contributed by atoms with E-state index in [1.54, 1.807) is 24.3 Å². The Hall–Kier alpha value is -3.32. The van der Waals surface area contributed by atoms with Crippen LogP contribution in [0.1, 0.15) is 28.8 Å². The minimum Gasteiger partial charge on any atom is -0.503 e. The van der Waals surface area contributed by atoms with Gasteiger partial charge in [0.2, 0.25) is 5.78 Å². The molecule has 0 spiro atoms. The van der Waals surface area contributed by atoms with Crippen molar-refractivity contribution in [2.45, 2.75) is 12.5 Å². The minimum absolute atomic E-state index is 0.0196. The van der Waals surface area contributed by atoms with Crippen molar-refractivity contribution < 1.29 is 23.5 Å². The molecule has 7 nitrogen and oxygen atoms in total. The monoisotopic (exact) mass is 394 g/mol. The number of aliphatic hydroxyl groups is 1. The Labute approximate surface area is 167 Å². The summed E-state index contributed by atoms with van der Waals surface area (Å²) in [4.78, 5) is 29.5. The molecule has 0 saturated heterocycles. The van der Waals surface area contributed by atoms with Gasteiger partial charge in [-0.2, -0.15) is 0 Å². The molecule has 0 unspecified atom stereocenters. The molecule has 1 amide bonds. The molecule has 0 saturated carbocycles. The van der Waals surface area contributed by atoms with Gasteiger partial charge >= 0.3 is 0 Å². The van der Waals surface area contributed by atoms with Crippen molar-refractivity contribution in [3.8, 4) is 0 Å². The van der Waals surface area contributed by atoms with Gasteiger partial charge in [-0.25, -0.2) is 0 Å². The summed E-state index contributed by atoms with van der Waals surface area (Å²) < 4.78 is 11.2. The zero-order valence-electron chi connectivity index (χ0n) is 16.3. The lowest BCUT2D eigenvalue weighted by Gasteiger charge is -2.25. The normalized spacial score (nSPS) is 17.1. The van der Waals surface area contributed by atoms with Gasteiger partial charge in [-0.15, -0.1) is 0 Å². The summed E-state index contributed by atoms with van der Waals surface area (Å²) in [5, 5.41) is 11.4. The number of nitrogens with zero attached hydrogens (tertiary/aromatic N) is 2. The Bertz CT molecular complexity index is 1040. The van der Waals surface area contributed by atoms with Crippen molar-refractivity contribution in [1.29, 1.82) is 0 Å². The van der Waals surface area contributed by atoms with E-state index in [-0.39, 0.29) is 11.3 Å². The molecular weight excluding hydrogens is 372 g/mol. The molecule has 1 aromatic carbocycles. The number of benzene rings is 1. The number of ketones is 1. The fraction of sp³-hybridized carbons (Fsp3) is 0.273. The van der Waals surface area contributed by atoms with Gasteiger partial charge in [0.1, 0.15) is 17.4 Å². The average Bonchev–Trinajstić information content (AvgIpc) is 3.41. The molecule has 4 rings (SSSR count). The van der Waals surface area contributed by atoms with E-state index in [4.69, 9.17) is 8.83 Å². The van der Waals surface area contributed by atoms with Crippen molar-refractivity contribution in [2.24, 2.45) is 0 Å². The van der Waals surface area contributed by atoms with E-state index in [9.17, 15) is 14.7 Å². The molecule has 1 aliphatic heterocycles. The predicted octanol–water partition coefficient (Wildman–Crippen LogP) is 3.56. The zero-order chi connectivity index (χ0) is 20.5. The van der Waals surface area contributed by atoms with Crippen molar-refractivity contribution in [2.75, 3.05) is 27.2 Å². The van der Waals surface area contributed by atoms with Gasteiger partial charge < -0.3 is 23.7 Å². The van der Waals surface area contributed by atoms with E-state index in [0.29, 0.717) is 24.3 Å². The van der Waals surface area contributed by atoms with E-state index in [0.717, 1.165) is 11.9 Å². The molecule has 29 heavy (non-hydrogen) atoms. The summed E-state index contributed by atoms with van der Waals surface area (Å²) in [5.41, 5.74) is 0.548. The number of aliphatic hydroxyl groups excluding tert-OH is 1. The fourth-order valence-corrected chi connectivity index (χ4v) is 3.64. The van der Waals surface area contributed by atoms with Crippen molar-refractivity contribution in [3.05, 3.63) is 71.6 Å². The van der Waals surface area contributed by atoms with Crippen LogP contribution in [0.4, 0.5) is 0 Å². The third-order valence-corrected chi connectivity index (χ3v) is 5.01. The summed E-state index contributed by atoms with van der Waals surface area (Å²) in [6, 6.07) is 11.5. The summed E-state index contributed by atoms with van der Waals surface area (Å²) >= 11 is 0. The molecule has 7 heteroatoms. The van der Waals surface area contributed by atoms with Crippen molar-refractivity contribution >= 4 is 22.7 Å². The highest BCUT2D eigenvalue weighted by molar-refractivity contribution is 6.15. The number of carbonyl (C=O) groups excluding carboxylic acids is 2. The number of hydrogen-bond acceptors (Lipinski definition) is 6. The lowest BCUT2D eigenvalue weighted by Crippen LogP contribution is -2.33. The van der Waals surface area contributed by atoms with Crippen LogP contribution in [0.5, 0.6) is 0 Å². The Morgan fingerprint density at radius 1 is 1.21 bits per heavy atom. The van der Waals surface area contributed by atoms with Gasteiger partial charge in [0.15, 0.2) is 11.5 Å². The molecule has 0 fully saturated rings. The lowest BCUT2D eigenvalue weighted by atomic mass is 9.99. The van der Waals surface area contributed by atoms with E-state index >= 15 is 0 Å². The summed E-state index contributed by atoms with van der Waals surface area (Å²) in [6.45, 7) is 1.14. The number of fused-ring (bicyclic) bond motifs is 1. The molecule has 0 aliphatic carbocycles. The number of para-hydroxylation sites is 1. The van der Waals surface area contributed by atoms with Crippen molar-refractivity contribution in [1.82, 2.24) is 9.80 Å². The molecule has 1 aliphatic rings. The highest BCUT2D eigenvalue weighted by Gasteiger charge is 2.45. The first-order chi connectivity index (χ1) is 14.0. The maximum absolute atomic E-state index is 13.3. The molecule has 1 atom stereocenters. The number of amides is 1. The largest absolute Gasteiger partial charge is 0.503 e. The van der Waals surface area contributed by atoms with Crippen LogP contribution in [-0.4, -0.2) is 53.8 Å². The van der Waals surface area contributed by atoms with E-state index in [2.05, 4.69) is 0 Å². The van der Waals surface area contributed by atoms with Gasteiger partial charge in [0, 0.05) is 11.9 Å². The summed E-state index contributed by atoms with van der Waals surface area (Å²) in [5.74, 6) is -1.16. The standard InChI is InChI=1S/C22H22N2O5/c1-23(2)10-6-11-24-19(16-9-5-12-28-16)18(21(26)22(24)27)20(25)17-13-14-7-3-4-8-15(14)29-17/h3-5,7-9,12-13,19,26H,6,10-11H2,1-2H3/t19-/m1/s1. The number of carbonyl (C=O) groups is 2. The van der Waals surface area contributed by atoms with E-state index in [1.807, 2.05) is 37.2 Å². The van der Waals surface area contributed by atoms with Gasteiger partial charge in [-0.3, -0.25) is 9.59 Å². The van der Waals surface area contributed by atoms with Crippen LogP contribution in [0.2, 0.25) is 0 Å². The highest BCUT2D eigenvalue weighted by atomic mass is 16.3. The molecule has 1 N–H and O–H groups in total. The molecular formula is C22H22N2O5. The summed E-state index contributed by atoms with van der Waals surface area (Å²) in [6.07, 6.45) is 2.17. The first kappa shape index (κ1) is 19.0. The third-order valence-electron chi connectivity index (χ3n) is 5.01. The molecule has 2 aromatic heterocycles. The van der Waals surface area contributed by atoms with Crippen LogP contribution < -0.4 is 0 Å². The number of furan rings is 2. The van der Waals surface area contributed by atoms with Crippen LogP contribution in [0.15, 0.2) is 68.9 Å². The molecule has 0 radical (unpaired) electrons. The SMILES string of the molecule is CN(C)CCCN1C(=O)C(O)=C(C(=O)c2cc3ccccc3o2)[C@H]1c1ccco1. The fourth-order valence-electron chi connectivity index (χ4n) is 3.64. The van der Waals surface area contributed by atoms with E-state index in [1.165, 1.54) is 11.2 Å². The second-order valence-electron chi connectivity index (χ2n) is 7.31. The maximum atomic E-state index is 13.3. The average molecular weight is 394 g/mol. The summed E-state index contributed by atoms with van der Waals surface area (Å²) in [7, 11) is 3.89. The Balaban J connectivity index is 1.71. The van der Waals surface area contributed by atoms with Gasteiger partial charge in [-0.05, 0) is 51.3 Å². The van der Waals surface area contributed by atoms with Crippen LogP contribution >= 0.6 is 0 Å². The zero-order valence-corrected chi connectivity index (χ0v) is 16.3.